The van der Waals surface area contributed by atoms with Crippen molar-refractivity contribution in [3.05, 3.63) is 86.2 Å². The quantitative estimate of drug-likeness (QED) is 0.398. The Hall–Kier alpha value is -3.96. The van der Waals surface area contributed by atoms with Crippen molar-refractivity contribution in [2.75, 3.05) is 5.32 Å². The van der Waals surface area contributed by atoms with Crippen molar-refractivity contribution in [3.63, 3.8) is 0 Å². The Bertz CT molecular complexity index is 1360. The molecule has 4 N–H and O–H groups in total. The third-order valence-corrected chi connectivity index (χ3v) is 5.58. The number of anilines is 1. The van der Waals surface area contributed by atoms with Gasteiger partial charge in [0.2, 0.25) is 0 Å². The molecule has 0 aliphatic heterocycles. The molecule has 10 nitrogen and oxygen atoms in total. The summed E-state index contributed by atoms with van der Waals surface area (Å²) in [6.07, 6.45) is 3.22. The fourth-order valence-electron chi connectivity index (χ4n) is 2.94. The van der Waals surface area contributed by atoms with Crippen LogP contribution in [0.3, 0.4) is 0 Å². The van der Waals surface area contributed by atoms with Crippen molar-refractivity contribution in [3.8, 4) is 11.4 Å². The first-order valence-corrected chi connectivity index (χ1v) is 10.4. The van der Waals surface area contributed by atoms with Gasteiger partial charge in [0.05, 0.1) is 39.0 Å². The lowest BCUT2D eigenvalue weighted by Gasteiger charge is -2.12. The highest BCUT2D eigenvalue weighted by molar-refractivity contribution is 7.17. The summed E-state index contributed by atoms with van der Waals surface area (Å²) in [6.45, 7) is 0.143. The van der Waals surface area contributed by atoms with Gasteiger partial charge in [0.25, 0.3) is 11.5 Å². The second kappa shape index (κ2) is 9.04. The molecule has 32 heavy (non-hydrogen) atoms. The van der Waals surface area contributed by atoms with E-state index in [1.165, 1.54) is 26.7 Å². The maximum atomic E-state index is 12.2. The Morgan fingerprint density at radius 3 is 2.72 bits per heavy atom. The van der Waals surface area contributed by atoms with Gasteiger partial charge in [0.15, 0.2) is 0 Å². The molecular formula is C20H16ClN7O3S. The molecule has 0 aliphatic rings. The number of nitrogens with zero attached hydrogens (tertiary/aromatic N) is 4. The van der Waals surface area contributed by atoms with Crippen molar-refractivity contribution >= 4 is 40.6 Å². The molecule has 162 valence electrons. The van der Waals surface area contributed by atoms with Crippen LogP contribution in [0.4, 0.5) is 10.5 Å². The Balaban J connectivity index is 1.58. The molecule has 1 aromatic carbocycles. The summed E-state index contributed by atoms with van der Waals surface area (Å²) in [5.41, 5.74) is 6.93. The van der Waals surface area contributed by atoms with Crippen LogP contribution >= 0.6 is 22.9 Å². The highest BCUT2D eigenvalue weighted by atomic mass is 35.5. The summed E-state index contributed by atoms with van der Waals surface area (Å²) in [5, 5.41) is 13.4. The molecule has 4 rings (SSSR count). The lowest BCUT2D eigenvalue weighted by molar-refractivity contribution is 0.0954. The molecule has 0 atom stereocenters. The fraction of sp³-hybridized carbons (Fsp3) is 0.0500. The molecule has 0 saturated heterocycles. The van der Waals surface area contributed by atoms with Crippen LogP contribution in [-0.2, 0) is 6.54 Å². The maximum absolute atomic E-state index is 12.2. The first-order valence-electron chi connectivity index (χ1n) is 9.24. The Morgan fingerprint density at radius 1 is 1.16 bits per heavy atom. The van der Waals surface area contributed by atoms with Gasteiger partial charge in [-0.05, 0) is 36.4 Å². The lowest BCUT2D eigenvalue weighted by Crippen LogP contribution is -2.22. The average Bonchev–Trinajstić information content (AvgIpc) is 3.41. The number of urea groups is 1. The zero-order chi connectivity index (χ0) is 22.7. The summed E-state index contributed by atoms with van der Waals surface area (Å²) in [4.78, 5) is 36.3. The maximum Gasteiger partial charge on any atom is 0.316 e. The van der Waals surface area contributed by atoms with Crippen LogP contribution in [-0.4, -0.2) is 31.5 Å². The lowest BCUT2D eigenvalue weighted by atomic mass is 10.2. The Labute approximate surface area is 190 Å². The molecule has 3 aromatic heterocycles. The molecule has 4 aromatic rings. The molecule has 0 spiro atoms. The van der Waals surface area contributed by atoms with E-state index in [4.69, 9.17) is 17.3 Å². The molecule has 0 bridgehead atoms. The van der Waals surface area contributed by atoms with Gasteiger partial charge in [0, 0.05) is 12.3 Å². The number of halogens is 1. The van der Waals surface area contributed by atoms with Gasteiger partial charge in [-0.25, -0.2) is 9.48 Å². The zero-order valence-corrected chi connectivity index (χ0v) is 17.9. The topological polar surface area (TPSA) is 137 Å². The van der Waals surface area contributed by atoms with Crippen LogP contribution in [0.2, 0.25) is 4.34 Å². The molecule has 3 heterocycles. The number of primary amides is 1. The van der Waals surface area contributed by atoms with Crippen molar-refractivity contribution in [1.29, 1.82) is 0 Å². The van der Waals surface area contributed by atoms with Crippen molar-refractivity contribution < 1.29 is 9.59 Å². The third kappa shape index (κ3) is 4.68. The van der Waals surface area contributed by atoms with Gasteiger partial charge in [-0.2, -0.15) is 0 Å². The molecule has 12 heteroatoms. The number of amides is 3. The predicted octanol–water partition coefficient (Wildman–Crippen LogP) is 2.55. The number of benzene rings is 1. The smallest absolute Gasteiger partial charge is 0.316 e. The summed E-state index contributed by atoms with van der Waals surface area (Å²) in [5.74, 6) is -0.273. The van der Waals surface area contributed by atoms with E-state index in [1.807, 2.05) is 0 Å². The standard InChI is InChI=1S/C20H16ClN7O3S/c21-17-7-6-16(32-17)19(30)23-10-12-11-28(26-25-12)15-5-4-13(9-14(15)24-20(22)31)27-8-2-1-3-18(27)29/h1-9,11H,10H2,(H,23,30)(H3,22,24,31). The van der Waals surface area contributed by atoms with E-state index in [0.29, 0.717) is 32.0 Å². The number of rotatable bonds is 6. The predicted molar refractivity (Wildman–Crippen MR) is 121 cm³/mol. The molecule has 0 radical (unpaired) electrons. The summed E-state index contributed by atoms with van der Waals surface area (Å²) in [6, 6.07) is 12.3. The van der Waals surface area contributed by atoms with Crippen molar-refractivity contribution in [1.82, 2.24) is 24.9 Å². The highest BCUT2D eigenvalue weighted by Crippen LogP contribution is 2.24. The Kier molecular flexibility index (Phi) is 6.01. The number of thiophene rings is 1. The number of nitrogens with one attached hydrogen (secondary N) is 2. The molecule has 0 fully saturated rings. The normalized spacial score (nSPS) is 10.7. The largest absolute Gasteiger partial charge is 0.351 e. The second-order valence-corrected chi connectivity index (χ2v) is 8.26. The van der Waals surface area contributed by atoms with Gasteiger partial charge >= 0.3 is 6.03 Å². The van der Waals surface area contributed by atoms with Crippen molar-refractivity contribution in [2.45, 2.75) is 6.54 Å². The first kappa shape index (κ1) is 21.3. The minimum atomic E-state index is -0.772. The summed E-state index contributed by atoms with van der Waals surface area (Å²) in [7, 11) is 0. The molecule has 0 saturated carbocycles. The van der Waals surface area contributed by atoms with Crippen LogP contribution in [0.15, 0.2) is 65.7 Å². The van der Waals surface area contributed by atoms with Gasteiger partial charge < -0.3 is 16.4 Å². The SMILES string of the molecule is NC(=O)Nc1cc(-n2ccccc2=O)ccc1-n1cc(CNC(=O)c2ccc(Cl)s2)nn1. The van der Waals surface area contributed by atoms with Gasteiger partial charge in [-0.15, -0.1) is 16.4 Å². The van der Waals surface area contributed by atoms with E-state index >= 15 is 0 Å². The number of hydrogen-bond donors (Lipinski definition) is 3. The van der Waals surface area contributed by atoms with E-state index in [1.54, 1.807) is 54.9 Å². The van der Waals surface area contributed by atoms with Crippen molar-refractivity contribution in [2.24, 2.45) is 5.73 Å². The number of aromatic nitrogens is 4. The summed E-state index contributed by atoms with van der Waals surface area (Å²) < 4.78 is 3.39. The monoisotopic (exact) mass is 469 g/mol. The van der Waals surface area contributed by atoms with Crippen LogP contribution in [0, 0.1) is 0 Å². The van der Waals surface area contributed by atoms with E-state index in [0.717, 1.165) is 0 Å². The minimum absolute atomic E-state index is 0.143. The number of pyridine rings is 1. The van der Waals surface area contributed by atoms with E-state index in [2.05, 4.69) is 20.9 Å². The second-order valence-electron chi connectivity index (χ2n) is 6.54. The van der Waals surface area contributed by atoms with Crippen LogP contribution in [0.1, 0.15) is 15.4 Å². The van der Waals surface area contributed by atoms with Crippen LogP contribution in [0.25, 0.3) is 11.4 Å². The molecule has 3 amide bonds. The Morgan fingerprint density at radius 2 is 2.00 bits per heavy atom. The van der Waals surface area contributed by atoms with Crippen LogP contribution in [0.5, 0.6) is 0 Å². The highest BCUT2D eigenvalue weighted by Gasteiger charge is 2.13. The van der Waals surface area contributed by atoms with E-state index in [-0.39, 0.29) is 18.0 Å². The number of hydrogen-bond acceptors (Lipinski definition) is 6. The third-order valence-electron chi connectivity index (χ3n) is 4.35. The number of nitrogens with two attached hydrogens (primary N) is 1. The summed E-state index contributed by atoms with van der Waals surface area (Å²) >= 11 is 7.03. The van der Waals surface area contributed by atoms with Gasteiger partial charge in [0.1, 0.15) is 5.69 Å². The van der Waals surface area contributed by atoms with Gasteiger partial charge in [-0.1, -0.05) is 22.9 Å². The minimum Gasteiger partial charge on any atom is -0.351 e. The average molecular weight is 470 g/mol. The zero-order valence-electron chi connectivity index (χ0n) is 16.4. The fourth-order valence-corrected chi connectivity index (χ4v) is 3.90. The number of carbonyl (C=O) groups is 2. The van der Waals surface area contributed by atoms with Crippen LogP contribution < -0.4 is 21.9 Å². The van der Waals surface area contributed by atoms with E-state index < -0.39 is 6.03 Å². The molecule has 0 aliphatic carbocycles. The van der Waals surface area contributed by atoms with E-state index in [9.17, 15) is 14.4 Å². The molecular weight excluding hydrogens is 454 g/mol. The number of carbonyl (C=O) groups excluding carboxylic acids is 2. The first-order chi connectivity index (χ1) is 15.4. The molecule has 0 unspecified atom stereocenters. The van der Waals surface area contributed by atoms with Gasteiger partial charge in [-0.3, -0.25) is 14.2 Å².